The van der Waals surface area contributed by atoms with Crippen LogP contribution in [0.3, 0.4) is 0 Å². The minimum absolute atomic E-state index is 0. The number of hydrogen-bond acceptors (Lipinski definition) is 4. The Hall–Kier alpha value is -1.58. The Morgan fingerprint density at radius 1 is 1.50 bits per heavy atom. The Morgan fingerprint density at radius 2 is 2.27 bits per heavy atom. The van der Waals surface area contributed by atoms with Crippen LogP contribution in [0.25, 0.3) is 0 Å². The fourth-order valence-corrected chi connectivity index (χ4v) is 2.00. The molecule has 22 heavy (non-hydrogen) atoms. The van der Waals surface area contributed by atoms with Crippen molar-refractivity contribution in [1.29, 1.82) is 0 Å². The predicted octanol–water partition coefficient (Wildman–Crippen LogP) is 1.93. The van der Waals surface area contributed by atoms with E-state index in [1.165, 1.54) is 5.69 Å². The number of halogens is 1. The second-order valence-corrected chi connectivity index (χ2v) is 4.87. The first-order valence-corrected chi connectivity index (χ1v) is 6.99. The maximum Gasteiger partial charge on any atom is 0.223 e. The second-order valence-electron chi connectivity index (χ2n) is 4.87. The van der Waals surface area contributed by atoms with Crippen molar-refractivity contribution >= 4 is 29.9 Å². The molecule has 0 bridgehead atoms. The second kappa shape index (κ2) is 8.76. The zero-order chi connectivity index (χ0) is 15.2. The van der Waals surface area contributed by atoms with Crippen molar-refractivity contribution < 1.29 is 4.52 Å². The molecule has 0 unspecified atom stereocenters. The first-order chi connectivity index (χ1) is 10.1. The van der Waals surface area contributed by atoms with Gasteiger partial charge in [-0.1, -0.05) is 5.16 Å². The van der Waals surface area contributed by atoms with E-state index in [0.29, 0.717) is 18.3 Å². The smallest absolute Gasteiger partial charge is 0.223 e. The van der Waals surface area contributed by atoms with Gasteiger partial charge in [-0.15, -0.1) is 24.0 Å². The number of hydrogen-bond donors (Lipinski definition) is 1. The van der Waals surface area contributed by atoms with Crippen molar-refractivity contribution in [3.05, 3.63) is 35.7 Å². The highest BCUT2D eigenvalue weighted by atomic mass is 127. The summed E-state index contributed by atoms with van der Waals surface area (Å²) in [5.74, 6) is 1.97. The van der Waals surface area contributed by atoms with Gasteiger partial charge in [-0.25, -0.2) is 4.99 Å². The Balaban J connectivity index is 0.00000242. The summed E-state index contributed by atoms with van der Waals surface area (Å²) >= 11 is 0. The molecule has 0 atom stereocenters. The summed E-state index contributed by atoms with van der Waals surface area (Å²) in [4.78, 5) is 10.8. The molecule has 7 nitrogen and oxygen atoms in total. The average molecular weight is 418 g/mol. The van der Waals surface area contributed by atoms with Crippen molar-refractivity contribution in [2.24, 2.45) is 12.0 Å². The molecule has 0 aromatic carbocycles. The molecule has 0 fully saturated rings. The lowest BCUT2D eigenvalue weighted by atomic mass is 10.4. The summed E-state index contributed by atoms with van der Waals surface area (Å²) in [6.45, 7) is 5.80. The number of nitrogens with zero attached hydrogens (tertiary/aromatic N) is 5. The zero-order valence-electron chi connectivity index (χ0n) is 13.4. The molecule has 1 N–H and O–H groups in total. The highest BCUT2D eigenvalue weighted by Crippen LogP contribution is 2.04. The normalized spacial score (nSPS) is 11.2. The van der Waals surface area contributed by atoms with Gasteiger partial charge >= 0.3 is 0 Å². The summed E-state index contributed by atoms with van der Waals surface area (Å²) < 4.78 is 7.05. The molecular formula is C14H23IN6O. The Labute approximate surface area is 147 Å². The van der Waals surface area contributed by atoms with E-state index in [-0.39, 0.29) is 24.0 Å². The third-order valence-electron chi connectivity index (χ3n) is 3.09. The van der Waals surface area contributed by atoms with Gasteiger partial charge in [-0.3, -0.25) is 0 Å². The standard InChI is InChI=1S/C14H22N6O.HI/c1-5-15-14(16-9-13-17-11(2)21-18-13)20(4)10-12-7-6-8-19(12)3;/h6-8H,5,9-10H2,1-4H3,(H,15,16);1H. The molecular weight excluding hydrogens is 395 g/mol. The van der Waals surface area contributed by atoms with Crippen molar-refractivity contribution in [3.63, 3.8) is 0 Å². The Morgan fingerprint density at radius 3 is 2.82 bits per heavy atom. The van der Waals surface area contributed by atoms with Gasteiger partial charge in [0.1, 0.15) is 6.54 Å². The molecule has 0 aliphatic carbocycles. The fraction of sp³-hybridized carbons (Fsp3) is 0.500. The summed E-state index contributed by atoms with van der Waals surface area (Å²) in [7, 11) is 4.05. The predicted molar refractivity (Wildman–Crippen MR) is 96.1 cm³/mol. The van der Waals surface area contributed by atoms with Crippen molar-refractivity contribution in [2.45, 2.75) is 26.9 Å². The van der Waals surface area contributed by atoms with Crippen LogP contribution in [0.2, 0.25) is 0 Å². The van der Waals surface area contributed by atoms with Gasteiger partial charge < -0.3 is 19.3 Å². The number of aromatic nitrogens is 3. The maximum atomic E-state index is 4.95. The van der Waals surface area contributed by atoms with E-state index in [0.717, 1.165) is 19.0 Å². The molecule has 2 heterocycles. The Bertz CT molecular complexity index is 606. The molecule has 8 heteroatoms. The monoisotopic (exact) mass is 418 g/mol. The summed E-state index contributed by atoms with van der Waals surface area (Å²) in [6.07, 6.45) is 2.04. The van der Waals surface area contributed by atoms with E-state index in [1.807, 2.05) is 33.3 Å². The molecule has 0 aliphatic rings. The Kier molecular flexibility index (Phi) is 7.36. The van der Waals surface area contributed by atoms with Gasteiger partial charge in [-0.05, 0) is 19.1 Å². The molecule has 0 radical (unpaired) electrons. The van der Waals surface area contributed by atoms with Gasteiger partial charge in [0.05, 0.1) is 6.54 Å². The quantitative estimate of drug-likeness (QED) is 0.457. The number of nitrogens with one attached hydrogen (secondary N) is 1. The van der Waals surface area contributed by atoms with Crippen molar-refractivity contribution in [1.82, 2.24) is 24.9 Å². The third kappa shape index (κ3) is 5.00. The lowest BCUT2D eigenvalue weighted by Crippen LogP contribution is -2.38. The van der Waals surface area contributed by atoms with Gasteiger partial charge in [0.2, 0.25) is 5.89 Å². The van der Waals surface area contributed by atoms with Crippen LogP contribution in [-0.2, 0) is 20.1 Å². The largest absolute Gasteiger partial charge is 0.357 e. The minimum Gasteiger partial charge on any atom is -0.357 e. The van der Waals surface area contributed by atoms with E-state index in [9.17, 15) is 0 Å². The molecule has 2 aromatic heterocycles. The number of rotatable bonds is 5. The van der Waals surface area contributed by atoms with Crippen LogP contribution < -0.4 is 5.32 Å². The van der Waals surface area contributed by atoms with Crippen LogP contribution in [0.5, 0.6) is 0 Å². The van der Waals surface area contributed by atoms with E-state index < -0.39 is 0 Å². The lowest BCUT2D eigenvalue weighted by Gasteiger charge is -2.22. The van der Waals surface area contributed by atoms with Crippen molar-refractivity contribution in [2.75, 3.05) is 13.6 Å². The van der Waals surface area contributed by atoms with Crippen LogP contribution in [0, 0.1) is 6.92 Å². The van der Waals surface area contributed by atoms with E-state index in [4.69, 9.17) is 4.52 Å². The van der Waals surface area contributed by atoms with E-state index in [1.54, 1.807) is 6.92 Å². The molecule has 0 aliphatic heterocycles. The first kappa shape index (κ1) is 18.5. The molecule has 2 aromatic rings. The first-order valence-electron chi connectivity index (χ1n) is 6.99. The fourth-order valence-electron chi connectivity index (χ4n) is 2.00. The van der Waals surface area contributed by atoms with Crippen LogP contribution in [0.15, 0.2) is 27.8 Å². The summed E-state index contributed by atoms with van der Waals surface area (Å²) in [5.41, 5.74) is 1.22. The third-order valence-corrected chi connectivity index (χ3v) is 3.09. The number of aryl methyl sites for hydroxylation is 2. The molecule has 0 saturated carbocycles. The van der Waals surface area contributed by atoms with E-state index >= 15 is 0 Å². The minimum atomic E-state index is 0. The van der Waals surface area contributed by atoms with Crippen LogP contribution in [0.1, 0.15) is 24.3 Å². The van der Waals surface area contributed by atoms with Gasteiger partial charge in [0, 0.05) is 39.5 Å². The molecule has 0 amide bonds. The summed E-state index contributed by atoms with van der Waals surface area (Å²) in [6, 6.07) is 4.14. The number of guanidine groups is 1. The average Bonchev–Trinajstić information content (AvgIpc) is 3.04. The van der Waals surface area contributed by atoms with Crippen LogP contribution in [-0.4, -0.2) is 39.2 Å². The van der Waals surface area contributed by atoms with Gasteiger partial charge in [0.25, 0.3) is 0 Å². The van der Waals surface area contributed by atoms with Gasteiger partial charge in [0.15, 0.2) is 11.8 Å². The zero-order valence-corrected chi connectivity index (χ0v) is 15.7. The van der Waals surface area contributed by atoms with E-state index in [2.05, 4.69) is 36.0 Å². The highest BCUT2D eigenvalue weighted by molar-refractivity contribution is 14.0. The van der Waals surface area contributed by atoms with Crippen molar-refractivity contribution in [3.8, 4) is 0 Å². The van der Waals surface area contributed by atoms with Crippen LogP contribution >= 0.6 is 24.0 Å². The SMILES string of the molecule is CCNC(=NCc1noc(C)n1)N(C)Cc1cccn1C.I. The molecule has 2 rings (SSSR count). The van der Waals surface area contributed by atoms with Crippen LogP contribution in [0.4, 0.5) is 0 Å². The molecule has 0 saturated heterocycles. The maximum absolute atomic E-state index is 4.95. The highest BCUT2D eigenvalue weighted by Gasteiger charge is 2.09. The molecule has 0 spiro atoms. The van der Waals surface area contributed by atoms with Gasteiger partial charge in [-0.2, -0.15) is 4.98 Å². The lowest BCUT2D eigenvalue weighted by molar-refractivity contribution is 0.387. The summed E-state index contributed by atoms with van der Waals surface area (Å²) in [5, 5.41) is 7.13. The topological polar surface area (TPSA) is 71.5 Å². The molecule has 122 valence electrons. The number of aliphatic imine (C=N–C) groups is 1.